The third kappa shape index (κ3) is 2.05. The molecule has 0 aromatic heterocycles. The summed E-state index contributed by atoms with van der Waals surface area (Å²) in [7, 11) is 0. The molecule has 0 aliphatic carbocycles. The minimum atomic E-state index is -0.870. The molecule has 0 saturated heterocycles. The summed E-state index contributed by atoms with van der Waals surface area (Å²) in [4.78, 5) is 10.9. The number of hydrogen-bond acceptors (Lipinski definition) is 2. The van der Waals surface area contributed by atoms with Crippen LogP contribution in [-0.4, -0.2) is 17.6 Å². The number of carboxylic acid groups (broad SMARTS) is 1. The van der Waals surface area contributed by atoms with Crippen molar-refractivity contribution in [3.8, 4) is 0 Å². The topological polar surface area (TPSA) is 49.3 Å². The average Bonchev–Trinajstić information content (AvgIpc) is 2.10. The van der Waals surface area contributed by atoms with Gasteiger partial charge >= 0.3 is 5.97 Å². The number of aromatic carboxylic acids is 1. The molecule has 76 valence electrons. The molecule has 0 radical (unpaired) electrons. The molecule has 0 atom stereocenters. The predicted octanol–water partition coefficient (Wildman–Crippen LogP) is 2.43. The van der Waals surface area contributed by atoms with Crippen LogP contribution < -0.4 is 5.32 Å². The molecule has 0 saturated carbocycles. The standard InChI is InChI=1S/C11H15NO2/c1-4-12-10-6-7(2)5-9(8(10)3)11(13)14/h5-6,12H,4H2,1-3H3,(H,13,14). The van der Waals surface area contributed by atoms with Crippen LogP contribution in [0.5, 0.6) is 0 Å². The summed E-state index contributed by atoms with van der Waals surface area (Å²) < 4.78 is 0. The van der Waals surface area contributed by atoms with E-state index in [2.05, 4.69) is 5.32 Å². The van der Waals surface area contributed by atoms with Gasteiger partial charge in [-0.25, -0.2) is 4.79 Å². The molecule has 1 aromatic rings. The zero-order valence-corrected chi connectivity index (χ0v) is 8.72. The Morgan fingerprint density at radius 3 is 2.57 bits per heavy atom. The highest BCUT2D eigenvalue weighted by Gasteiger charge is 2.10. The molecule has 1 rings (SSSR count). The number of rotatable bonds is 3. The summed E-state index contributed by atoms with van der Waals surface area (Å²) in [6.45, 7) is 6.50. The van der Waals surface area contributed by atoms with Gasteiger partial charge in [-0.2, -0.15) is 0 Å². The van der Waals surface area contributed by atoms with Gasteiger partial charge in [0.25, 0.3) is 0 Å². The normalized spacial score (nSPS) is 9.93. The molecule has 0 unspecified atom stereocenters. The maximum Gasteiger partial charge on any atom is 0.336 e. The maximum absolute atomic E-state index is 10.9. The van der Waals surface area contributed by atoms with Gasteiger partial charge in [0.15, 0.2) is 0 Å². The van der Waals surface area contributed by atoms with Gasteiger partial charge in [-0.15, -0.1) is 0 Å². The first-order valence-corrected chi connectivity index (χ1v) is 4.64. The van der Waals surface area contributed by atoms with Gasteiger partial charge in [0.2, 0.25) is 0 Å². The van der Waals surface area contributed by atoms with Gasteiger partial charge in [0, 0.05) is 12.2 Å². The Balaban J connectivity index is 3.24. The van der Waals surface area contributed by atoms with Gasteiger partial charge in [-0.3, -0.25) is 0 Å². The third-order valence-electron chi connectivity index (χ3n) is 2.15. The van der Waals surface area contributed by atoms with Gasteiger partial charge in [-0.1, -0.05) is 0 Å². The van der Waals surface area contributed by atoms with E-state index in [1.807, 2.05) is 26.8 Å². The zero-order chi connectivity index (χ0) is 10.7. The Labute approximate surface area is 83.8 Å². The van der Waals surface area contributed by atoms with Gasteiger partial charge in [0.1, 0.15) is 0 Å². The van der Waals surface area contributed by atoms with Gasteiger partial charge in [0.05, 0.1) is 5.56 Å². The van der Waals surface area contributed by atoms with Crippen molar-refractivity contribution in [2.45, 2.75) is 20.8 Å². The highest BCUT2D eigenvalue weighted by molar-refractivity contribution is 5.91. The van der Waals surface area contributed by atoms with Crippen LogP contribution in [0.2, 0.25) is 0 Å². The molecular formula is C11H15NO2. The number of carbonyl (C=O) groups is 1. The Hall–Kier alpha value is -1.51. The second-order valence-electron chi connectivity index (χ2n) is 3.32. The Morgan fingerprint density at radius 2 is 2.07 bits per heavy atom. The lowest BCUT2D eigenvalue weighted by atomic mass is 10.0. The number of anilines is 1. The lowest BCUT2D eigenvalue weighted by molar-refractivity contribution is 0.0696. The van der Waals surface area contributed by atoms with Crippen LogP contribution in [0, 0.1) is 13.8 Å². The van der Waals surface area contributed by atoms with Crippen molar-refractivity contribution >= 4 is 11.7 Å². The average molecular weight is 193 g/mol. The fourth-order valence-corrected chi connectivity index (χ4v) is 1.45. The highest BCUT2D eigenvalue weighted by Crippen LogP contribution is 2.21. The molecule has 3 heteroatoms. The molecule has 0 heterocycles. The Bertz CT molecular complexity index is 359. The number of benzene rings is 1. The van der Waals surface area contributed by atoms with Crippen molar-refractivity contribution in [1.82, 2.24) is 0 Å². The first-order chi connectivity index (χ1) is 6.56. The minimum Gasteiger partial charge on any atom is -0.478 e. The lowest BCUT2D eigenvalue weighted by Crippen LogP contribution is -2.06. The fourth-order valence-electron chi connectivity index (χ4n) is 1.45. The summed E-state index contributed by atoms with van der Waals surface area (Å²) >= 11 is 0. The van der Waals surface area contributed by atoms with Crippen LogP contribution >= 0.6 is 0 Å². The first-order valence-electron chi connectivity index (χ1n) is 4.64. The summed E-state index contributed by atoms with van der Waals surface area (Å²) in [6, 6.07) is 3.66. The lowest BCUT2D eigenvalue weighted by Gasteiger charge is -2.11. The van der Waals surface area contributed by atoms with E-state index >= 15 is 0 Å². The summed E-state index contributed by atoms with van der Waals surface area (Å²) in [5.74, 6) is -0.870. The van der Waals surface area contributed by atoms with Crippen molar-refractivity contribution < 1.29 is 9.90 Å². The van der Waals surface area contributed by atoms with E-state index in [-0.39, 0.29) is 0 Å². The van der Waals surface area contributed by atoms with Crippen molar-refractivity contribution in [2.75, 3.05) is 11.9 Å². The molecule has 2 N–H and O–H groups in total. The van der Waals surface area contributed by atoms with E-state index < -0.39 is 5.97 Å². The number of hydrogen-bond donors (Lipinski definition) is 2. The van der Waals surface area contributed by atoms with E-state index in [1.54, 1.807) is 6.07 Å². The minimum absolute atomic E-state index is 0.376. The van der Waals surface area contributed by atoms with Crippen LogP contribution in [0.25, 0.3) is 0 Å². The van der Waals surface area contributed by atoms with Crippen LogP contribution in [-0.2, 0) is 0 Å². The van der Waals surface area contributed by atoms with E-state index in [0.717, 1.165) is 23.4 Å². The molecule has 0 aliphatic rings. The van der Waals surface area contributed by atoms with E-state index in [4.69, 9.17) is 5.11 Å². The molecule has 0 amide bonds. The first kappa shape index (κ1) is 10.6. The number of nitrogens with one attached hydrogen (secondary N) is 1. The molecule has 0 bridgehead atoms. The van der Waals surface area contributed by atoms with Crippen molar-refractivity contribution in [2.24, 2.45) is 0 Å². The molecule has 3 nitrogen and oxygen atoms in total. The maximum atomic E-state index is 10.9. The molecule has 1 aromatic carbocycles. The Kier molecular flexibility index (Phi) is 3.12. The van der Waals surface area contributed by atoms with E-state index in [0.29, 0.717) is 5.56 Å². The van der Waals surface area contributed by atoms with Gasteiger partial charge < -0.3 is 10.4 Å². The van der Waals surface area contributed by atoms with Crippen LogP contribution in [0.4, 0.5) is 5.69 Å². The van der Waals surface area contributed by atoms with Crippen molar-refractivity contribution in [3.63, 3.8) is 0 Å². The van der Waals surface area contributed by atoms with E-state index in [9.17, 15) is 4.79 Å². The SMILES string of the molecule is CCNc1cc(C)cc(C(=O)O)c1C. The zero-order valence-electron chi connectivity index (χ0n) is 8.72. The second-order valence-corrected chi connectivity index (χ2v) is 3.32. The number of aryl methyl sites for hydroxylation is 1. The quantitative estimate of drug-likeness (QED) is 0.775. The molecule has 14 heavy (non-hydrogen) atoms. The monoisotopic (exact) mass is 193 g/mol. The highest BCUT2D eigenvalue weighted by atomic mass is 16.4. The third-order valence-corrected chi connectivity index (χ3v) is 2.15. The molecule has 0 fully saturated rings. The Morgan fingerprint density at radius 1 is 1.43 bits per heavy atom. The molecule has 0 aliphatic heterocycles. The largest absolute Gasteiger partial charge is 0.478 e. The van der Waals surface area contributed by atoms with Gasteiger partial charge in [-0.05, 0) is 44.0 Å². The fraction of sp³-hybridized carbons (Fsp3) is 0.364. The van der Waals surface area contributed by atoms with Crippen LogP contribution in [0.3, 0.4) is 0 Å². The van der Waals surface area contributed by atoms with Crippen LogP contribution in [0.15, 0.2) is 12.1 Å². The summed E-state index contributed by atoms with van der Waals surface area (Å²) in [5.41, 5.74) is 3.04. The molecular weight excluding hydrogens is 178 g/mol. The predicted molar refractivity (Wildman–Crippen MR) is 57.0 cm³/mol. The summed E-state index contributed by atoms with van der Waals surface area (Å²) in [5, 5.41) is 12.1. The van der Waals surface area contributed by atoms with Crippen molar-refractivity contribution in [3.05, 3.63) is 28.8 Å². The molecule has 0 spiro atoms. The number of carboxylic acids is 1. The van der Waals surface area contributed by atoms with Crippen molar-refractivity contribution in [1.29, 1.82) is 0 Å². The smallest absolute Gasteiger partial charge is 0.336 e. The van der Waals surface area contributed by atoms with Crippen LogP contribution in [0.1, 0.15) is 28.4 Å². The second kappa shape index (κ2) is 4.13. The van der Waals surface area contributed by atoms with E-state index in [1.165, 1.54) is 0 Å². The summed E-state index contributed by atoms with van der Waals surface area (Å²) in [6.07, 6.45) is 0.